The van der Waals surface area contributed by atoms with E-state index in [1.165, 1.54) is 37.1 Å². The number of rotatable bonds is 1. The van der Waals surface area contributed by atoms with Gasteiger partial charge in [0.15, 0.2) is 0 Å². The molecule has 1 aliphatic rings. The fraction of sp³-hybridized carbons (Fsp3) is 1.00. The molecular formula is C4H8ClNS. The molecule has 1 rings (SSSR count). The molecule has 0 aliphatic carbocycles. The average Bonchev–Trinajstić information content (AvgIpc) is 2.14. The van der Waals surface area contributed by atoms with Crippen molar-refractivity contribution >= 4 is 21.8 Å². The summed E-state index contributed by atoms with van der Waals surface area (Å²) < 4.78 is 2.17. The molecule has 0 spiro atoms. The van der Waals surface area contributed by atoms with Crippen LogP contribution in [0.25, 0.3) is 0 Å². The first-order valence-corrected chi connectivity index (χ1v) is 4.07. The zero-order valence-electron chi connectivity index (χ0n) is 4.06. The van der Waals surface area contributed by atoms with E-state index in [9.17, 15) is 0 Å². The van der Waals surface area contributed by atoms with Gasteiger partial charge in [-0.2, -0.15) is 0 Å². The Morgan fingerprint density at radius 1 is 1.29 bits per heavy atom. The highest BCUT2D eigenvalue weighted by molar-refractivity contribution is 8.19. The van der Waals surface area contributed by atoms with E-state index in [1.54, 1.807) is 0 Å². The van der Waals surface area contributed by atoms with Crippen LogP contribution in [-0.2, 0) is 0 Å². The highest BCUT2D eigenvalue weighted by atomic mass is 35.7. The Hall–Kier alpha value is 0.600. The van der Waals surface area contributed by atoms with Gasteiger partial charge >= 0.3 is 0 Å². The summed E-state index contributed by atoms with van der Waals surface area (Å²) in [6.07, 6.45) is 2.64. The van der Waals surface area contributed by atoms with E-state index in [2.05, 4.69) is 4.31 Å². The van der Waals surface area contributed by atoms with Crippen LogP contribution < -0.4 is 0 Å². The van der Waals surface area contributed by atoms with E-state index >= 15 is 0 Å². The van der Waals surface area contributed by atoms with E-state index in [-0.39, 0.29) is 0 Å². The molecule has 1 aliphatic heterocycles. The van der Waals surface area contributed by atoms with Crippen LogP contribution in [0.4, 0.5) is 0 Å². The van der Waals surface area contributed by atoms with Gasteiger partial charge in [-0.25, -0.2) is 4.31 Å². The Kier molecular flexibility index (Phi) is 2.29. The number of nitrogens with zero attached hydrogens (tertiary/aromatic N) is 1. The maximum atomic E-state index is 5.45. The highest BCUT2D eigenvalue weighted by Crippen LogP contribution is 2.20. The van der Waals surface area contributed by atoms with Crippen LogP contribution in [0.2, 0.25) is 0 Å². The van der Waals surface area contributed by atoms with Gasteiger partial charge in [0.05, 0.1) is 0 Å². The van der Waals surface area contributed by atoms with Gasteiger partial charge in [-0.05, 0) is 23.5 Å². The minimum Gasteiger partial charge on any atom is -0.237 e. The lowest BCUT2D eigenvalue weighted by molar-refractivity contribution is 0.593. The molecule has 0 bridgehead atoms. The molecule has 1 fully saturated rings. The van der Waals surface area contributed by atoms with Gasteiger partial charge in [0, 0.05) is 24.3 Å². The van der Waals surface area contributed by atoms with Crippen LogP contribution in [0.3, 0.4) is 0 Å². The second-order valence-electron chi connectivity index (χ2n) is 1.71. The third-order valence-electron chi connectivity index (χ3n) is 1.16. The maximum absolute atomic E-state index is 5.45. The summed E-state index contributed by atoms with van der Waals surface area (Å²) in [6, 6.07) is 0. The lowest BCUT2D eigenvalue weighted by atomic mass is 10.4. The molecule has 0 atom stereocenters. The predicted molar refractivity (Wildman–Crippen MR) is 34.3 cm³/mol. The van der Waals surface area contributed by atoms with Crippen molar-refractivity contribution in [3.63, 3.8) is 0 Å². The van der Waals surface area contributed by atoms with Gasteiger partial charge in [-0.15, -0.1) is 0 Å². The first-order valence-electron chi connectivity index (χ1n) is 2.47. The summed E-state index contributed by atoms with van der Waals surface area (Å²) in [5.41, 5.74) is 0. The van der Waals surface area contributed by atoms with Crippen LogP contribution >= 0.6 is 21.8 Å². The monoisotopic (exact) mass is 137 g/mol. The maximum Gasteiger partial charge on any atom is 0.0307 e. The van der Waals surface area contributed by atoms with Gasteiger partial charge in [-0.1, -0.05) is 0 Å². The van der Waals surface area contributed by atoms with Crippen molar-refractivity contribution in [1.29, 1.82) is 0 Å². The van der Waals surface area contributed by atoms with E-state index in [0.717, 1.165) is 0 Å². The van der Waals surface area contributed by atoms with Gasteiger partial charge in [-0.3, -0.25) is 0 Å². The van der Waals surface area contributed by atoms with Gasteiger partial charge in [0.25, 0.3) is 0 Å². The van der Waals surface area contributed by atoms with E-state index in [1.807, 2.05) is 0 Å². The smallest absolute Gasteiger partial charge is 0.0307 e. The van der Waals surface area contributed by atoms with Gasteiger partial charge in [0.2, 0.25) is 0 Å². The Morgan fingerprint density at radius 2 is 1.86 bits per heavy atom. The highest BCUT2D eigenvalue weighted by Gasteiger charge is 2.09. The standard InChI is InChI=1S/C4H8ClNS/c5-7-6-3-1-2-4-6/h1-4H2. The quantitative estimate of drug-likeness (QED) is 0.508. The molecule has 0 unspecified atom stereocenters. The summed E-state index contributed by atoms with van der Waals surface area (Å²) in [5, 5.41) is 0. The van der Waals surface area contributed by atoms with Crippen LogP contribution in [-0.4, -0.2) is 17.4 Å². The summed E-state index contributed by atoms with van der Waals surface area (Å²) in [6.45, 7) is 2.35. The molecule has 0 amide bonds. The van der Waals surface area contributed by atoms with E-state index in [4.69, 9.17) is 10.7 Å². The molecule has 3 heteroatoms. The Labute approximate surface area is 52.7 Å². The van der Waals surface area contributed by atoms with Crippen LogP contribution in [0, 0.1) is 0 Å². The van der Waals surface area contributed by atoms with Crippen molar-refractivity contribution in [3.8, 4) is 0 Å². The zero-order chi connectivity index (χ0) is 5.11. The number of hydrogen-bond acceptors (Lipinski definition) is 2. The van der Waals surface area contributed by atoms with Crippen LogP contribution in [0.1, 0.15) is 12.8 Å². The number of hydrogen-bond donors (Lipinski definition) is 0. The van der Waals surface area contributed by atoms with E-state index in [0.29, 0.717) is 0 Å². The lowest BCUT2D eigenvalue weighted by Crippen LogP contribution is -2.05. The molecule has 0 radical (unpaired) electrons. The predicted octanol–water partition coefficient (Wildman–Crippen LogP) is 1.88. The SMILES string of the molecule is ClSN1CCCC1. The molecule has 1 saturated heterocycles. The second-order valence-corrected chi connectivity index (χ2v) is 2.77. The van der Waals surface area contributed by atoms with Crippen molar-refractivity contribution in [3.05, 3.63) is 0 Å². The summed E-state index contributed by atoms with van der Waals surface area (Å²) >= 11 is 1.34. The average molecular weight is 138 g/mol. The van der Waals surface area contributed by atoms with Crippen molar-refractivity contribution < 1.29 is 0 Å². The van der Waals surface area contributed by atoms with Crippen molar-refractivity contribution in [2.24, 2.45) is 0 Å². The van der Waals surface area contributed by atoms with Crippen LogP contribution in [0.15, 0.2) is 0 Å². The summed E-state index contributed by atoms with van der Waals surface area (Å²) in [7, 11) is 5.45. The molecule has 0 saturated carbocycles. The molecular weight excluding hydrogens is 130 g/mol. The molecule has 0 N–H and O–H groups in total. The van der Waals surface area contributed by atoms with Crippen molar-refractivity contribution in [2.45, 2.75) is 12.8 Å². The third kappa shape index (κ3) is 1.52. The summed E-state index contributed by atoms with van der Waals surface area (Å²) in [5.74, 6) is 0. The second kappa shape index (κ2) is 2.80. The number of halogens is 1. The largest absolute Gasteiger partial charge is 0.237 e. The molecule has 0 aromatic carbocycles. The normalized spacial score (nSPS) is 23.6. The van der Waals surface area contributed by atoms with E-state index < -0.39 is 0 Å². The molecule has 0 aromatic heterocycles. The summed E-state index contributed by atoms with van der Waals surface area (Å²) in [4.78, 5) is 0. The van der Waals surface area contributed by atoms with Gasteiger partial charge < -0.3 is 0 Å². The lowest BCUT2D eigenvalue weighted by Gasteiger charge is -2.04. The Bertz CT molecular complexity index is 53.7. The Balaban J connectivity index is 2.14. The fourth-order valence-electron chi connectivity index (χ4n) is 0.757. The van der Waals surface area contributed by atoms with Gasteiger partial charge in [0.1, 0.15) is 0 Å². The third-order valence-corrected chi connectivity index (χ3v) is 2.31. The molecule has 0 aromatic rings. The molecule has 1 nitrogen and oxygen atoms in total. The van der Waals surface area contributed by atoms with Crippen molar-refractivity contribution in [2.75, 3.05) is 13.1 Å². The topological polar surface area (TPSA) is 3.24 Å². The molecule has 7 heavy (non-hydrogen) atoms. The fourth-order valence-corrected chi connectivity index (χ4v) is 1.57. The van der Waals surface area contributed by atoms with Crippen LogP contribution in [0.5, 0.6) is 0 Å². The molecule has 42 valence electrons. The first kappa shape index (κ1) is 5.73. The zero-order valence-corrected chi connectivity index (χ0v) is 5.63. The minimum atomic E-state index is 1.17. The molecule has 1 heterocycles. The van der Waals surface area contributed by atoms with Crippen molar-refractivity contribution in [1.82, 2.24) is 4.31 Å². The first-order chi connectivity index (χ1) is 3.43. The Morgan fingerprint density at radius 3 is 2.14 bits per heavy atom. The minimum absolute atomic E-state index is 1.17.